The van der Waals surface area contributed by atoms with Gasteiger partial charge in [-0.3, -0.25) is 4.98 Å². The van der Waals surface area contributed by atoms with Crippen LogP contribution in [0, 0.1) is 6.92 Å². The van der Waals surface area contributed by atoms with Crippen molar-refractivity contribution in [3.63, 3.8) is 0 Å². The summed E-state index contributed by atoms with van der Waals surface area (Å²) in [6.45, 7) is 2.53. The molecule has 1 aliphatic heterocycles. The van der Waals surface area contributed by atoms with E-state index in [1.165, 1.54) is 0 Å². The smallest absolute Gasteiger partial charge is 0.192 e. The van der Waals surface area contributed by atoms with Gasteiger partial charge in [0.2, 0.25) is 0 Å². The normalized spacial score (nSPS) is 19.2. The number of aliphatic imine (C=N–C) groups is 1. The molecule has 1 unspecified atom stereocenters. The number of phenols is 1. The fourth-order valence-electron chi connectivity index (χ4n) is 3.62. The van der Waals surface area contributed by atoms with Crippen LogP contribution in [0.25, 0.3) is 11.1 Å². The topological polar surface area (TPSA) is 74.7 Å². The SMILES string of the molecule is Cc1cc(C2(c3cccc(-c4cccnc4)c3)CN(C)C(N)=N2)ccc1O. The first-order valence-electron chi connectivity index (χ1n) is 8.87. The average Bonchev–Trinajstić information content (AvgIpc) is 3.00. The molecular formula is C22H22N4O. The Morgan fingerprint density at radius 2 is 1.81 bits per heavy atom. The summed E-state index contributed by atoms with van der Waals surface area (Å²) in [4.78, 5) is 11.1. The Bertz CT molecular complexity index is 1020. The van der Waals surface area contributed by atoms with Crippen LogP contribution in [-0.2, 0) is 5.54 Å². The largest absolute Gasteiger partial charge is 0.508 e. The van der Waals surface area contributed by atoms with Crippen molar-refractivity contribution in [2.45, 2.75) is 12.5 Å². The third-order valence-corrected chi connectivity index (χ3v) is 5.17. The second kappa shape index (κ2) is 6.43. The maximum atomic E-state index is 9.96. The van der Waals surface area contributed by atoms with Crippen LogP contribution in [0.2, 0.25) is 0 Å². The maximum absolute atomic E-state index is 9.96. The van der Waals surface area contributed by atoms with E-state index in [2.05, 4.69) is 23.2 Å². The molecule has 136 valence electrons. The number of aryl methyl sites for hydroxylation is 1. The first-order chi connectivity index (χ1) is 13.0. The van der Waals surface area contributed by atoms with E-state index in [1.807, 2.05) is 55.4 Å². The van der Waals surface area contributed by atoms with Crippen molar-refractivity contribution in [2.75, 3.05) is 13.6 Å². The lowest BCUT2D eigenvalue weighted by Crippen LogP contribution is -2.34. The van der Waals surface area contributed by atoms with E-state index >= 15 is 0 Å². The number of aromatic hydroxyl groups is 1. The first-order valence-corrected chi connectivity index (χ1v) is 8.87. The molecule has 4 rings (SSSR count). The molecule has 5 heteroatoms. The lowest BCUT2D eigenvalue weighted by molar-refractivity contribution is 0.430. The van der Waals surface area contributed by atoms with Crippen LogP contribution in [0.3, 0.4) is 0 Å². The van der Waals surface area contributed by atoms with E-state index in [1.54, 1.807) is 12.3 Å². The van der Waals surface area contributed by atoms with E-state index in [0.29, 0.717) is 12.5 Å². The number of pyridine rings is 1. The number of hydrogen-bond acceptors (Lipinski definition) is 5. The van der Waals surface area contributed by atoms with Crippen molar-refractivity contribution in [3.8, 4) is 16.9 Å². The van der Waals surface area contributed by atoms with Crippen LogP contribution in [0.4, 0.5) is 0 Å². The van der Waals surface area contributed by atoms with Gasteiger partial charge in [-0.1, -0.05) is 30.3 Å². The highest BCUT2D eigenvalue weighted by molar-refractivity contribution is 5.82. The zero-order valence-corrected chi connectivity index (χ0v) is 15.4. The molecule has 27 heavy (non-hydrogen) atoms. The second-order valence-electron chi connectivity index (χ2n) is 7.01. The van der Waals surface area contributed by atoms with Gasteiger partial charge >= 0.3 is 0 Å². The Morgan fingerprint density at radius 1 is 1.04 bits per heavy atom. The van der Waals surface area contributed by atoms with Crippen LogP contribution in [0.5, 0.6) is 5.75 Å². The van der Waals surface area contributed by atoms with Crippen molar-refractivity contribution in [1.82, 2.24) is 9.88 Å². The fraction of sp³-hybridized carbons (Fsp3) is 0.182. The first kappa shape index (κ1) is 17.1. The summed E-state index contributed by atoms with van der Waals surface area (Å²) < 4.78 is 0. The molecule has 0 saturated heterocycles. The molecule has 0 saturated carbocycles. The van der Waals surface area contributed by atoms with Gasteiger partial charge in [0.05, 0.1) is 6.54 Å². The van der Waals surface area contributed by atoms with Crippen LogP contribution < -0.4 is 5.73 Å². The predicted molar refractivity (Wildman–Crippen MR) is 108 cm³/mol. The highest BCUT2D eigenvalue weighted by Crippen LogP contribution is 2.40. The second-order valence-corrected chi connectivity index (χ2v) is 7.01. The maximum Gasteiger partial charge on any atom is 0.192 e. The van der Waals surface area contributed by atoms with Crippen molar-refractivity contribution in [3.05, 3.63) is 83.7 Å². The lowest BCUT2D eigenvalue weighted by Gasteiger charge is -2.29. The van der Waals surface area contributed by atoms with Crippen molar-refractivity contribution < 1.29 is 5.11 Å². The average molecular weight is 358 g/mol. The van der Waals surface area contributed by atoms with E-state index in [-0.39, 0.29) is 5.75 Å². The number of nitrogens with two attached hydrogens (primary N) is 1. The minimum Gasteiger partial charge on any atom is -0.508 e. The summed E-state index contributed by atoms with van der Waals surface area (Å²) in [5.41, 5.74) is 10.6. The molecule has 0 fully saturated rings. The monoisotopic (exact) mass is 358 g/mol. The minimum atomic E-state index is -0.616. The molecule has 3 N–H and O–H groups in total. The molecular weight excluding hydrogens is 336 g/mol. The Morgan fingerprint density at radius 3 is 2.48 bits per heavy atom. The number of hydrogen-bond donors (Lipinski definition) is 2. The van der Waals surface area contributed by atoms with Crippen molar-refractivity contribution in [2.24, 2.45) is 10.7 Å². The number of guanidine groups is 1. The van der Waals surface area contributed by atoms with Crippen LogP contribution >= 0.6 is 0 Å². The number of aromatic nitrogens is 1. The van der Waals surface area contributed by atoms with Gasteiger partial charge < -0.3 is 15.7 Å². The van der Waals surface area contributed by atoms with Gasteiger partial charge in [0.25, 0.3) is 0 Å². The van der Waals surface area contributed by atoms with Crippen LogP contribution in [0.1, 0.15) is 16.7 Å². The quantitative estimate of drug-likeness (QED) is 0.754. The van der Waals surface area contributed by atoms with Gasteiger partial charge in [0, 0.05) is 19.4 Å². The fourth-order valence-corrected chi connectivity index (χ4v) is 3.62. The third kappa shape index (κ3) is 2.91. The standard InChI is InChI=1S/C22H22N4O/c1-15-11-19(8-9-20(15)27)22(14-26(2)21(23)25-22)18-7-3-5-16(12-18)17-6-4-10-24-13-17/h3-13,27H,14H2,1-2H3,(H2,23,25). The summed E-state index contributed by atoms with van der Waals surface area (Å²) in [6, 6.07) is 18.0. The van der Waals surface area contributed by atoms with E-state index < -0.39 is 5.54 Å². The van der Waals surface area contributed by atoms with Crippen LogP contribution in [0.15, 0.2) is 72.0 Å². The minimum absolute atomic E-state index is 0.279. The molecule has 1 aromatic heterocycles. The highest BCUT2D eigenvalue weighted by atomic mass is 16.3. The lowest BCUT2D eigenvalue weighted by atomic mass is 9.82. The van der Waals surface area contributed by atoms with Gasteiger partial charge in [-0.2, -0.15) is 0 Å². The number of benzene rings is 2. The predicted octanol–water partition coefficient (Wildman–Crippen LogP) is 3.27. The molecule has 0 aliphatic carbocycles. The van der Waals surface area contributed by atoms with Gasteiger partial charge in [0.15, 0.2) is 5.96 Å². The molecule has 5 nitrogen and oxygen atoms in total. The summed E-state index contributed by atoms with van der Waals surface area (Å²) in [5, 5.41) is 9.96. The summed E-state index contributed by atoms with van der Waals surface area (Å²) >= 11 is 0. The molecule has 1 atom stereocenters. The Labute approximate surface area is 158 Å². The molecule has 0 radical (unpaired) electrons. The highest BCUT2D eigenvalue weighted by Gasteiger charge is 2.41. The van der Waals surface area contributed by atoms with Gasteiger partial charge in [-0.05, 0) is 59.0 Å². The summed E-state index contributed by atoms with van der Waals surface area (Å²) in [6.07, 6.45) is 3.62. The number of nitrogens with zero attached hydrogens (tertiary/aromatic N) is 3. The van der Waals surface area contributed by atoms with E-state index in [4.69, 9.17) is 10.7 Å². The summed E-state index contributed by atoms with van der Waals surface area (Å²) in [7, 11) is 1.94. The Hall–Kier alpha value is -3.34. The number of phenolic OH excluding ortho intramolecular Hbond substituents is 1. The zero-order chi connectivity index (χ0) is 19.0. The molecule has 0 spiro atoms. The van der Waals surface area contributed by atoms with Gasteiger partial charge in [-0.15, -0.1) is 0 Å². The molecule has 0 amide bonds. The van der Waals surface area contributed by atoms with Crippen molar-refractivity contribution in [1.29, 1.82) is 0 Å². The van der Waals surface area contributed by atoms with Gasteiger partial charge in [0.1, 0.15) is 11.3 Å². The van der Waals surface area contributed by atoms with E-state index in [0.717, 1.165) is 27.8 Å². The summed E-state index contributed by atoms with van der Waals surface area (Å²) in [5.74, 6) is 0.786. The Balaban J connectivity index is 1.90. The number of rotatable bonds is 3. The van der Waals surface area contributed by atoms with Crippen LogP contribution in [-0.4, -0.2) is 34.5 Å². The molecule has 3 aromatic rings. The molecule has 2 aromatic carbocycles. The molecule has 1 aliphatic rings. The van der Waals surface area contributed by atoms with E-state index in [9.17, 15) is 5.11 Å². The van der Waals surface area contributed by atoms with Gasteiger partial charge in [-0.25, -0.2) is 4.99 Å². The van der Waals surface area contributed by atoms with Crippen molar-refractivity contribution >= 4 is 5.96 Å². The zero-order valence-electron chi connectivity index (χ0n) is 15.4. The Kier molecular flexibility index (Phi) is 4.07. The molecule has 2 heterocycles. The molecule has 0 bridgehead atoms. The number of likely N-dealkylation sites (N-methyl/N-ethyl adjacent to an activating group) is 1. The third-order valence-electron chi connectivity index (χ3n) is 5.17.